The third-order valence-electron chi connectivity index (χ3n) is 6.47. The number of alkyl halides is 6. The highest BCUT2D eigenvalue weighted by Crippen LogP contribution is 2.34. The van der Waals surface area contributed by atoms with Crippen LogP contribution in [0.3, 0.4) is 0 Å². The summed E-state index contributed by atoms with van der Waals surface area (Å²) in [6.07, 6.45) is -6.68. The molecule has 0 bridgehead atoms. The van der Waals surface area contributed by atoms with E-state index in [1.807, 2.05) is 0 Å². The van der Waals surface area contributed by atoms with E-state index in [2.05, 4.69) is 15.3 Å². The first kappa shape index (κ1) is 29.7. The average molecular weight is 620 g/mol. The van der Waals surface area contributed by atoms with E-state index in [4.69, 9.17) is 0 Å². The highest BCUT2D eigenvalue weighted by atomic mass is 32.2. The zero-order valence-electron chi connectivity index (χ0n) is 22.1. The number of carbonyl (C=O) groups is 1. The minimum atomic E-state index is -4.76. The van der Waals surface area contributed by atoms with E-state index in [9.17, 15) is 39.6 Å². The Morgan fingerprint density at radius 3 is 2.19 bits per heavy atom. The highest BCUT2D eigenvalue weighted by Gasteiger charge is 2.35. The average Bonchev–Trinajstić information content (AvgIpc) is 3.58. The van der Waals surface area contributed by atoms with Gasteiger partial charge in [0.2, 0.25) is 5.78 Å². The summed E-state index contributed by atoms with van der Waals surface area (Å²) in [4.78, 5) is 17.0. The molecule has 0 atom stereocenters. The molecular formula is C28H19F6N5O3S. The first-order valence-corrected chi connectivity index (χ1v) is 14.1. The largest absolute Gasteiger partial charge is 0.434 e. The molecule has 0 fully saturated rings. The van der Waals surface area contributed by atoms with Crippen LogP contribution in [0.1, 0.15) is 33.1 Å². The fourth-order valence-electron chi connectivity index (χ4n) is 4.39. The van der Waals surface area contributed by atoms with Crippen LogP contribution in [0.5, 0.6) is 0 Å². The van der Waals surface area contributed by atoms with Gasteiger partial charge in [0.1, 0.15) is 11.5 Å². The first-order valence-electron chi connectivity index (χ1n) is 12.2. The molecule has 43 heavy (non-hydrogen) atoms. The monoisotopic (exact) mass is 619 g/mol. The number of aromatic nitrogens is 5. The summed E-state index contributed by atoms with van der Waals surface area (Å²) in [7, 11) is -3.59. The summed E-state index contributed by atoms with van der Waals surface area (Å²) in [5.74, 6) is -0.948. The molecule has 15 heteroatoms. The third-order valence-corrected chi connectivity index (χ3v) is 7.58. The maximum atomic E-state index is 13.5. The Labute approximate surface area is 240 Å². The van der Waals surface area contributed by atoms with Crippen LogP contribution in [-0.2, 0) is 22.2 Å². The van der Waals surface area contributed by atoms with Gasteiger partial charge in [0.05, 0.1) is 28.0 Å². The highest BCUT2D eigenvalue weighted by molar-refractivity contribution is 7.90. The van der Waals surface area contributed by atoms with Crippen molar-refractivity contribution in [3.63, 3.8) is 0 Å². The SMILES string of the molecule is Cc1nc(C(F)(F)F)cn1-c1ccc(-c2cccc(S(C)(=O)=O)c2)cc1-n1nncc1C(=O)c1cccc(C(F)(F)F)c1. The number of rotatable bonds is 6. The van der Waals surface area contributed by atoms with Gasteiger partial charge in [-0.05, 0) is 54.4 Å². The summed E-state index contributed by atoms with van der Waals surface area (Å²) >= 11 is 0. The molecule has 0 aliphatic rings. The van der Waals surface area contributed by atoms with Crippen molar-refractivity contribution in [3.05, 3.63) is 107 Å². The summed E-state index contributed by atoms with van der Waals surface area (Å²) in [6, 6.07) is 14.0. The molecule has 0 amide bonds. The Morgan fingerprint density at radius 1 is 0.837 bits per heavy atom. The number of imidazole rings is 1. The van der Waals surface area contributed by atoms with Crippen molar-refractivity contribution < 1.29 is 39.6 Å². The zero-order chi connectivity index (χ0) is 31.3. The molecule has 0 N–H and O–H groups in total. The third kappa shape index (κ3) is 5.93. The Balaban J connectivity index is 1.72. The first-order chi connectivity index (χ1) is 20.0. The Hall–Kier alpha value is -4.79. The van der Waals surface area contributed by atoms with Gasteiger partial charge in [0.25, 0.3) is 0 Å². The Bertz CT molecular complexity index is 1980. The topological polar surface area (TPSA) is 99.7 Å². The molecule has 0 spiro atoms. The summed E-state index contributed by atoms with van der Waals surface area (Å²) in [6.45, 7) is 1.33. The van der Waals surface area contributed by atoms with Crippen LogP contribution in [-0.4, -0.2) is 45.0 Å². The summed E-state index contributed by atoms with van der Waals surface area (Å²) in [5, 5.41) is 7.69. The number of benzene rings is 3. The smallest absolute Gasteiger partial charge is 0.301 e. The maximum absolute atomic E-state index is 13.5. The van der Waals surface area contributed by atoms with E-state index >= 15 is 0 Å². The Morgan fingerprint density at radius 2 is 1.53 bits per heavy atom. The van der Waals surface area contributed by atoms with Gasteiger partial charge in [-0.3, -0.25) is 4.79 Å². The molecule has 0 saturated heterocycles. The second kappa shape index (κ2) is 10.5. The molecule has 0 aliphatic carbocycles. The summed E-state index contributed by atoms with van der Waals surface area (Å²) in [5.41, 5.74) is -1.94. The molecular weight excluding hydrogens is 600 g/mol. The van der Waals surface area contributed by atoms with Crippen LogP contribution in [0.4, 0.5) is 26.3 Å². The minimum Gasteiger partial charge on any atom is -0.301 e. The van der Waals surface area contributed by atoms with Crippen LogP contribution in [0.2, 0.25) is 0 Å². The fourth-order valence-corrected chi connectivity index (χ4v) is 5.06. The predicted molar refractivity (Wildman–Crippen MR) is 142 cm³/mol. The lowest BCUT2D eigenvalue weighted by Gasteiger charge is -2.16. The Kier molecular flexibility index (Phi) is 7.24. The predicted octanol–water partition coefficient (Wildman–Crippen LogP) is 6.10. The number of halogens is 6. The van der Waals surface area contributed by atoms with Gasteiger partial charge in [-0.2, -0.15) is 26.3 Å². The molecule has 3 aromatic carbocycles. The van der Waals surface area contributed by atoms with E-state index in [0.717, 1.165) is 40.0 Å². The number of hydrogen-bond donors (Lipinski definition) is 0. The molecule has 8 nitrogen and oxygen atoms in total. The van der Waals surface area contributed by atoms with Crippen molar-refractivity contribution in [2.75, 3.05) is 6.26 Å². The van der Waals surface area contributed by atoms with Crippen molar-refractivity contribution in [1.82, 2.24) is 24.5 Å². The van der Waals surface area contributed by atoms with Gasteiger partial charge in [-0.25, -0.2) is 18.1 Å². The number of hydrogen-bond acceptors (Lipinski definition) is 6. The van der Waals surface area contributed by atoms with Crippen LogP contribution in [0.15, 0.2) is 84.0 Å². The van der Waals surface area contributed by atoms with Crippen LogP contribution in [0.25, 0.3) is 22.5 Å². The lowest BCUT2D eigenvalue weighted by Crippen LogP contribution is -2.14. The summed E-state index contributed by atoms with van der Waals surface area (Å²) < 4.78 is 107. The van der Waals surface area contributed by atoms with Crippen LogP contribution in [0, 0.1) is 6.92 Å². The van der Waals surface area contributed by atoms with E-state index in [1.54, 1.807) is 6.07 Å². The van der Waals surface area contributed by atoms with Gasteiger partial charge in [0, 0.05) is 18.0 Å². The van der Waals surface area contributed by atoms with E-state index in [0.29, 0.717) is 17.2 Å². The molecule has 5 rings (SSSR count). The number of aryl methyl sites for hydroxylation is 1. The molecule has 0 aliphatic heterocycles. The van der Waals surface area contributed by atoms with Crippen molar-refractivity contribution in [2.24, 2.45) is 0 Å². The second-order valence-electron chi connectivity index (χ2n) is 9.48. The molecule has 222 valence electrons. The normalized spacial score (nSPS) is 12.5. The molecule has 2 heterocycles. The van der Waals surface area contributed by atoms with E-state index < -0.39 is 39.2 Å². The molecule has 0 radical (unpaired) electrons. The second-order valence-corrected chi connectivity index (χ2v) is 11.5. The van der Waals surface area contributed by atoms with Crippen LogP contribution >= 0.6 is 0 Å². The number of sulfone groups is 1. The molecule has 0 saturated carbocycles. The molecule has 0 unspecified atom stereocenters. The maximum Gasteiger partial charge on any atom is 0.434 e. The van der Waals surface area contributed by atoms with Crippen LogP contribution < -0.4 is 0 Å². The zero-order valence-corrected chi connectivity index (χ0v) is 23.0. The fraction of sp³-hybridized carbons (Fsp3) is 0.143. The van der Waals surface area contributed by atoms with Gasteiger partial charge in [-0.1, -0.05) is 35.5 Å². The van der Waals surface area contributed by atoms with Crippen molar-refractivity contribution >= 4 is 15.6 Å². The standard InChI is InChI=1S/C28H19F6N5O3S/c1-16-36-25(28(32,33)34)15-38(16)22-10-9-18(17-5-4-8-21(12-17)43(2,41)42)13-23(22)39-24(14-35-37-39)26(40)19-6-3-7-20(11-19)27(29,30)31/h3-15H,1-2H3. The van der Waals surface area contributed by atoms with Gasteiger partial charge in [0.15, 0.2) is 15.5 Å². The van der Waals surface area contributed by atoms with E-state index in [1.165, 1.54) is 49.4 Å². The van der Waals surface area contributed by atoms with Crippen molar-refractivity contribution in [2.45, 2.75) is 24.2 Å². The molecule has 5 aromatic rings. The quantitative estimate of drug-likeness (QED) is 0.168. The minimum absolute atomic E-state index is 0.0112. The number of nitrogens with zero attached hydrogens (tertiary/aromatic N) is 5. The molecule has 2 aromatic heterocycles. The van der Waals surface area contributed by atoms with Crippen molar-refractivity contribution in [3.8, 4) is 22.5 Å². The van der Waals surface area contributed by atoms with Gasteiger partial charge in [-0.15, -0.1) is 5.10 Å². The number of ketones is 1. The van der Waals surface area contributed by atoms with Gasteiger partial charge >= 0.3 is 12.4 Å². The number of carbonyl (C=O) groups excluding carboxylic acids is 1. The van der Waals surface area contributed by atoms with E-state index in [-0.39, 0.29) is 33.4 Å². The van der Waals surface area contributed by atoms with Gasteiger partial charge < -0.3 is 4.57 Å². The lowest BCUT2D eigenvalue weighted by atomic mass is 10.0. The lowest BCUT2D eigenvalue weighted by molar-refractivity contribution is -0.141. The van der Waals surface area contributed by atoms with Crippen molar-refractivity contribution in [1.29, 1.82) is 0 Å².